The van der Waals surface area contributed by atoms with Crippen molar-refractivity contribution in [1.29, 1.82) is 0 Å². The first-order chi connectivity index (χ1) is 15.9. The van der Waals surface area contributed by atoms with Crippen LogP contribution >= 0.6 is 12.2 Å². The second-order valence-electron chi connectivity index (χ2n) is 6.93. The Labute approximate surface area is 193 Å². The molecule has 2 heterocycles. The predicted molar refractivity (Wildman–Crippen MR) is 123 cm³/mol. The molecule has 0 unspecified atom stereocenters. The fourth-order valence-electron chi connectivity index (χ4n) is 3.19. The zero-order valence-corrected chi connectivity index (χ0v) is 18.1. The highest BCUT2D eigenvalue weighted by molar-refractivity contribution is 7.80. The minimum atomic E-state index is -0.667. The molecule has 2 amide bonds. The molecule has 166 valence electrons. The van der Waals surface area contributed by atoms with Gasteiger partial charge in [0.1, 0.15) is 22.9 Å². The molecule has 1 aromatic heterocycles. The highest BCUT2D eigenvalue weighted by Gasteiger charge is 2.34. The van der Waals surface area contributed by atoms with Crippen LogP contribution in [-0.4, -0.2) is 29.5 Å². The number of esters is 1. The quantitative estimate of drug-likeness (QED) is 0.265. The van der Waals surface area contributed by atoms with Gasteiger partial charge in [0.25, 0.3) is 11.8 Å². The van der Waals surface area contributed by atoms with Gasteiger partial charge in [0.2, 0.25) is 0 Å². The maximum Gasteiger partial charge on any atom is 0.338 e. The van der Waals surface area contributed by atoms with E-state index in [4.69, 9.17) is 21.4 Å². The number of hydrogen-bond acceptors (Lipinski definition) is 6. The lowest BCUT2D eigenvalue weighted by Crippen LogP contribution is -2.54. The van der Waals surface area contributed by atoms with Crippen molar-refractivity contribution < 1.29 is 27.9 Å². The molecule has 2 aromatic carbocycles. The summed E-state index contributed by atoms with van der Waals surface area (Å²) in [6.45, 7) is 2.02. The Bertz CT molecular complexity index is 1280. The molecular weight excluding hydrogens is 447 g/mol. The average molecular weight is 464 g/mol. The fourth-order valence-corrected chi connectivity index (χ4v) is 3.48. The van der Waals surface area contributed by atoms with Crippen molar-refractivity contribution in [3.8, 4) is 11.3 Å². The molecule has 0 aliphatic carbocycles. The molecule has 1 fully saturated rings. The van der Waals surface area contributed by atoms with Crippen LogP contribution in [0.2, 0.25) is 0 Å². The Morgan fingerprint density at radius 3 is 2.45 bits per heavy atom. The van der Waals surface area contributed by atoms with Gasteiger partial charge in [0.05, 0.1) is 17.9 Å². The number of amides is 2. The highest BCUT2D eigenvalue weighted by Crippen LogP contribution is 2.26. The molecular formula is C24H17FN2O5S. The third-order valence-corrected chi connectivity index (χ3v) is 5.07. The van der Waals surface area contributed by atoms with Crippen LogP contribution < -0.4 is 10.2 Å². The number of carbonyl (C=O) groups is 3. The van der Waals surface area contributed by atoms with Crippen molar-refractivity contribution in [2.45, 2.75) is 6.92 Å². The van der Waals surface area contributed by atoms with Crippen molar-refractivity contribution in [2.24, 2.45) is 0 Å². The van der Waals surface area contributed by atoms with Crippen LogP contribution in [0.3, 0.4) is 0 Å². The van der Waals surface area contributed by atoms with Crippen molar-refractivity contribution in [2.75, 3.05) is 11.5 Å². The molecule has 0 radical (unpaired) electrons. The third-order valence-electron chi connectivity index (χ3n) is 4.78. The SMILES string of the molecule is CCOC(=O)c1ccc(-c2ccc(C=C3C(=O)NC(=S)N(c4ccc(F)cc4)C3=O)o2)cc1. The van der Waals surface area contributed by atoms with Crippen LogP contribution in [0.5, 0.6) is 0 Å². The maximum absolute atomic E-state index is 13.3. The van der Waals surface area contributed by atoms with E-state index in [2.05, 4.69) is 5.32 Å². The molecule has 3 aromatic rings. The molecule has 0 saturated carbocycles. The Kier molecular flexibility index (Phi) is 6.14. The van der Waals surface area contributed by atoms with E-state index in [-0.39, 0.29) is 23.1 Å². The Morgan fingerprint density at radius 1 is 1.09 bits per heavy atom. The second kappa shape index (κ2) is 9.17. The Morgan fingerprint density at radius 2 is 1.79 bits per heavy atom. The summed E-state index contributed by atoms with van der Waals surface area (Å²) in [4.78, 5) is 38.3. The monoisotopic (exact) mass is 464 g/mol. The van der Waals surface area contributed by atoms with E-state index in [1.54, 1.807) is 43.3 Å². The van der Waals surface area contributed by atoms with Gasteiger partial charge in [0.15, 0.2) is 5.11 Å². The van der Waals surface area contributed by atoms with Gasteiger partial charge in [0, 0.05) is 5.56 Å². The summed E-state index contributed by atoms with van der Waals surface area (Å²) in [5.74, 6) is -1.46. The van der Waals surface area contributed by atoms with Crippen molar-refractivity contribution in [1.82, 2.24) is 5.32 Å². The van der Waals surface area contributed by atoms with Crippen molar-refractivity contribution >= 4 is 46.9 Å². The van der Waals surface area contributed by atoms with Crippen molar-refractivity contribution in [3.05, 3.63) is 83.4 Å². The van der Waals surface area contributed by atoms with Crippen LogP contribution in [-0.2, 0) is 14.3 Å². The van der Waals surface area contributed by atoms with Gasteiger partial charge in [-0.25, -0.2) is 9.18 Å². The number of carbonyl (C=O) groups excluding carboxylic acids is 3. The molecule has 1 saturated heterocycles. The van der Waals surface area contributed by atoms with E-state index in [1.165, 1.54) is 30.3 Å². The van der Waals surface area contributed by atoms with Crippen LogP contribution in [0.1, 0.15) is 23.0 Å². The number of furan rings is 1. The van der Waals surface area contributed by atoms with E-state index in [9.17, 15) is 18.8 Å². The summed E-state index contributed by atoms with van der Waals surface area (Å²) < 4.78 is 24.0. The lowest BCUT2D eigenvalue weighted by Gasteiger charge is -2.28. The predicted octanol–water partition coefficient (Wildman–Crippen LogP) is 4.09. The minimum Gasteiger partial charge on any atom is -0.462 e. The van der Waals surface area contributed by atoms with Gasteiger partial charge in [-0.2, -0.15) is 0 Å². The Balaban J connectivity index is 1.59. The molecule has 0 spiro atoms. The standard InChI is InChI=1S/C24H17FN2O5S/c1-2-31-23(30)15-5-3-14(4-6-15)20-12-11-18(32-20)13-19-21(28)26-24(33)27(22(19)29)17-9-7-16(25)8-10-17/h3-13H,2H2,1H3,(H,26,28,33). The van der Waals surface area contributed by atoms with Crippen LogP contribution in [0.15, 0.2) is 70.7 Å². The fraction of sp³-hybridized carbons (Fsp3) is 0.0833. The van der Waals surface area contributed by atoms with E-state index < -0.39 is 23.6 Å². The average Bonchev–Trinajstić information content (AvgIpc) is 3.27. The molecule has 33 heavy (non-hydrogen) atoms. The summed E-state index contributed by atoms with van der Waals surface area (Å²) >= 11 is 5.12. The van der Waals surface area contributed by atoms with Gasteiger partial charge >= 0.3 is 5.97 Å². The van der Waals surface area contributed by atoms with Gasteiger partial charge in [-0.1, -0.05) is 12.1 Å². The summed E-state index contributed by atoms with van der Waals surface area (Å²) in [6.07, 6.45) is 1.31. The summed E-state index contributed by atoms with van der Waals surface area (Å²) in [6, 6.07) is 15.1. The lowest BCUT2D eigenvalue weighted by molar-refractivity contribution is -0.122. The smallest absolute Gasteiger partial charge is 0.338 e. The topological polar surface area (TPSA) is 88.9 Å². The number of ether oxygens (including phenoxy) is 1. The molecule has 7 nitrogen and oxygen atoms in total. The first kappa shape index (κ1) is 22.1. The number of anilines is 1. The van der Waals surface area contributed by atoms with Crippen molar-refractivity contribution in [3.63, 3.8) is 0 Å². The molecule has 0 bridgehead atoms. The Hall–Kier alpha value is -4.11. The van der Waals surface area contributed by atoms with Crippen LogP contribution in [0, 0.1) is 5.82 Å². The zero-order valence-electron chi connectivity index (χ0n) is 17.3. The van der Waals surface area contributed by atoms with E-state index in [0.717, 1.165) is 4.90 Å². The maximum atomic E-state index is 13.3. The second-order valence-corrected chi connectivity index (χ2v) is 7.32. The number of thiocarbonyl (C=S) groups is 1. The molecule has 0 atom stereocenters. The summed E-state index contributed by atoms with van der Waals surface area (Å²) in [5, 5.41) is 2.36. The number of benzene rings is 2. The number of halogens is 1. The minimum absolute atomic E-state index is 0.101. The third kappa shape index (κ3) is 4.58. The molecule has 1 N–H and O–H groups in total. The zero-order chi connectivity index (χ0) is 23.5. The molecule has 4 rings (SSSR count). The van der Waals surface area contributed by atoms with Crippen LogP contribution in [0.4, 0.5) is 10.1 Å². The lowest BCUT2D eigenvalue weighted by atomic mass is 10.1. The van der Waals surface area contributed by atoms with Gasteiger partial charge in [-0.15, -0.1) is 0 Å². The number of nitrogens with one attached hydrogen (secondary N) is 1. The normalized spacial score (nSPS) is 15.0. The number of rotatable bonds is 5. The first-order valence-corrected chi connectivity index (χ1v) is 10.3. The van der Waals surface area contributed by atoms with Gasteiger partial charge in [-0.3, -0.25) is 19.8 Å². The number of nitrogens with zero attached hydrogens (tertiary/aromatic N) is 1. The summed E-state index contributed by atoms with van der Waals surface area (Å²) in [5.41, 5.74) is 1.24. The molecule has 1 aliphatic rings. The van der Waals surface area contributed by atoms with Crippen LogP contribution in [0.25, 0.3) is 17.4 Å². The summed E-state index contributed by atoms with van der Waals surface area (Å²) in [7, 11) is 0. The molecule has 1 aliphatic heterocycles. The van der Waals surface area contributed by atoms with E-state index in [1.807, 2.05) is 0 Å². The first-order valence-electron chi connectivity index (χ1n) is 9.92. The van der Waals surface area contributed by atoms with E-state index >= 15 is 0 Å². The molecule has 9 heteroatoms. The van der Waals surface area contributed by atoms with Gasteiger partial charge in [-0.05, 0) is 73.7 Å². The van der Waals surface area contributed by atoms with Gasteiger partial charge < -0.3 is 9.15 Å². The highest BCUT2D eigenvalue weighted by atomic mass is 32.1. The van der Waals surface area contributed by atoms with E-state index in [0.29, 0.717) is 22.6 Å². The number of hydrogen-bond donors (Lipinski definition) is 1. The largest absolute Gasteiger partial charge is 0.462 e.